The van der Waals surface area contributed by atoms with E-state index in [-0.39, 0.29) is 0 Å². The summed E-state index contributed by atoms with van der Waals surface area (Å²) in [6.45, 7) is 11.9. The topological polar surface area (TPSA) is 33.1 Å². The minimum atomic E-state index is 0.875. The van der Waals surface area contributed by atoms with E-state index in [0.29, 0.717) is 0 Å². The number of aromatic nitrogens is 2. The summed E-state index contributed by atoms with van der Waals surface area (Å²) in [7, 11) is 0. The monoisotopic (exact) mass is 264 g/mol. The minimum Gasteiger partial charge on any atom is -0.310 e. The van der Waals surface area contributed by atoms with Crippen molar-refractivity contribution in [3.05, 3.63) is 17.5 Å². The molecule has 1 saturated carbocycles. The van der Waals surface area contributed by atoms with Crippen molar-refractivity contribution in [2.45, 2.75) is 59.2 Å². The molecule has 2 rings (SSSR count). The Morgan fingerprint density at radius 1 is 1.37 bits per heavy atom. The molecule has 4 heteroatoms. The van der Waals surface area contributed by atoms with E-state index >= 15 is 0 Å². The molecule has 0 radical (unpaired) electrons. The van der Waals surface area contributed by atoms with Gasteiger partial charge in [0.1, 0.15) is 0 Å². The van der Waals surface area contributed by atoms with E-state index in [1.807, 2.05) is 0 Å². The van der Waals surface area contributed by atoms with Gasteiger partial charge in [-0.25, -0.2) is 0 Å². The van der Waals surface area contributed by atoms with E-state index in [1.54, 1.807) is 0 Å². The number of rotatable bonds is 9. The van der Waals surface area contributed by atoms with Crippen molar-refractivity contribution in [3.63, 3.8) is 0 Å². The van der Waals surface area contributed by atoms with Gasteiger partial charge in [-0.1, -0.05) is 13.8 Å². The second-order valence-electron chi connectivity index (χ2n) is 5.33. The lowest BCUT2D eigenvalue weighted by Gasteiger charge is -2.19. The van der Waals surface area contributed by atoms with Crippen molar-refractivity contribution in [2.24, 2.45) is 0 Å². The van der Waals surface area contributed by atoms with Gasteiger partial charge in [-0.3, -0.25) is 9.58 Å². The van der Waals surface area contributed by atoms with Crippen LogP contribution >= 0.6 is 0 Å². The Morgan fingerprint density at radius 3 is 2.74 bits per heavy atom. The Hall–Kier alpha value is -0.870. The lowest BCUT2D eigenvalue weighted by Crippen LogP contribution is -2.33. The highest BCUT2D eigenvalue weighted by molar-refractivity contribution is 5.10. The fraction of sp³-hybridized carbons (Fsp3) is 0.800. The molecule has 1 fully saturated rings. The van der Waals surface area contributed by atoms with E-state index in [0.717, 1.165) is 32.1 Å². The first-order chi connectivity index (χ1) is 9.28. The first kappa shape index (κ1) is 14.5. The largest absolute Gasteiger partial charge is 0.310 e. The Bertz CT molecular complexity index is 381. The number of aryl methyl sites for hydroxylation is 2. The molecule has 108 valence electrons. The quantitative estimate of drug-likeness (QED) is 0.693. The standard InChI is InChI=1S/C15H28N4/c1-4-13-11-15(19(6-3)17-13)12-16-9-10-18(5-2)14-7-8-14/h11,14,16H,4-10,12H2,1-3H3. The summed E-state index contributed by atoms with van der Waals surface area (Å²) < 4.78 is 2.12. The Balaban J connectivity index is 1.73. The second kappa shape index (κ2) is 7.06. The maximum Gasteiger partial charge on any atom is 0.0625 e. The van der Waals surface area contributed by atoms with Crippen LogP contribution in [0.25, 0.3) is 0 Å². The SMILES string of the molecule is CCc1cc(CNCCN(CC)C2CC2)n(CC)n1. The van der Waals surface area contributed by atoms with E-state index in [2.05, 4.69) is 46.8 Å². The summed E-state index contributed by atoms with van der Waals surface area (Å²) in [6, 6.07) is 3.11. The summed E-state index contributed by atoms with van der Waals surface area (Å²) in [5.41, 5.74) is 2.51. The third-order valence-corrected chi connectivity index (χ3v) is 3.93. The van der Waals surface area contributed by atoms with Gasteiger partial charge < -0.3 is 5.32 Å². The van der Waals surface area contributed by atoms with Gasteiger partial charge in [0.05, 0.1) is 11.4 Å². The maximum absolute atomic E-state index is 4.58. The summed E-state index contributed by atoms with van der Waals surface area (Å²) >= 11 is 0. The van der Waals surface area contributed by atoms with Crippen molar-refractivity contribution < 1.29 is 0 Å². The molecule has 0 amide bonds. The average molecular weight is 264 g/mol. The van der Waals surface area contributed by atoms with E-state index in [1.165, 1.54) is 37.3 Å². The molecule has 19 heavy (non-hydrogen) atoms. The lowest BCUT2D eigenvalue weighted by molar-refractivity contribution is 0.276. The number of hydrogen-bond acceptors (Lipinski definition) is 3. The normalized spacial score (nSPS) is 15.4. The fourth-order valence-electron chi connectivity index (χ4n) is 2.58. The third kappa shape index (κ3) is 4.05. The van der Waals surface area contributed by atoms with Gasteiger partial charge in [0.2, 0.25) is 0 Å². The molecular weight excluding hydrogens is 236 g/mol. The van der Waals surface area contributed by atoms with Crippen molar-refractivity contribution in [1.29, 1.82) is 0 Å². The molecule has 1 N–H and O–H groups in total. The molecule has 0 atom stereocenters. The average Bonchev–Trinajstić information content (AvgIpc) is 3.19. The number of nitrogens with one attached hydrogen (secondary N) is 1. The molecule has 0 aliphatic heterocycles. The Morgan fingerprint density at radius 2 is 2.16 bits per heavy atom. The maximum atomic E-state index is 4.58. The first-order valence-corrected chi connectivity index (χ1v) is 7.78. The molecular formula is C15H28N4. The van der Waals surface area contributed by atoms with Gasteiger partial charge in [-0.05, 0) is 38.8 Å². The van der Waals surface area contributed by atoms with Crippen LogP contribution < -0.4 is 5.32 Å². The smallest absolute Gasteiger partial charge is 0.0625 e. The number of hydrogen-bond donors (Lipinski definition) is 1. The zero-order chi connectivity index (χ0) is 13.7. The molecule has 1 aromatic rings. The molecule has 0 unspecified atom stereocenters. The second-order valence-corrected chi connectivity index (χ2v) is 5.33. The molecule has 0 spiro atoms. The van der Waals surface area contributed by atoms with Crippen LogP contribution in [0.3, 0.4) is 0 Å². The van der Waals surface area contributed by atoms with E-state index in [4.69, 9.17) is 0 Å². The summed E-state index contributed by atoms with van der Waals surface area (Å²) in [6.07, 6.45) is 3.82. The van der Waals surface area contributed by atoms with Gasteiger partial charge in [-0.2, -0.15) is 5.10 Å². The molecule has 0 saturated heterocycles. The molecule has 1 heterocycles. The van der Waals surface area contributed by atoms with Crippen molar-refractivity contribution in [2.75, 3.05) is 19.6 Å². The van der Waals surface area contributed by atoms with Crippen molar-refractivity contribution in [1.82, 2.24) is 20.0 Å². The third-order valence-electron chi connectivity index (χ3n) is 3.93. The summed E-state index contributed by atoms with van der Waals surface area (Å²) in [4.78, 5) is 2.58. The zero-order valence-corrected chi connectivity index (χ0v) is 12.7. The van der Waals surface area contributed by atoms with Gasteiger partial charge >= 0.3 is 0 Å². The predicted octanol–water partition coefficient (Wildman–Crippen LogP) is 2.04. The molecule has 0 bridgehead atoms. The molecule has 1 aromatic heterocycles. The van der Waals surface area contributed by atoms with Crippen molar-refractivity contribution in [3.8, 4) is 0 Å². The first-order valence-electron chi connectivity index (χ1n) is 7.78. The molecule has 0 aromatic carbocycles. The van der Waals surface area contributed by atoms with Crippen LogP contribution in [0.5, 0.6) is 0 Å². The van der Waals surface area contributed by atoms with Gasteiger partial charge in [0, 0.05) is 32.2 Å². The highest BCUT2D eigenvalue weighted by Gasteiger charge is 2.26. The molecule has 4 nitrogen and oxygen atoms in total. The van der Waals surface area contributed by atoms with Gasteiger partial charge in [0.25, 0.3) is 0 Å². The summed E-state index contributed by atoms with van der Waals surface area (Å²) in [5.74, 6) is 0. The predicted molar refractivity (Wildman–Crippen MR) is 79.3 cm³/mol. The Kier molecular flexibility index (Phi) is 5.40. The summed E-state index contributed by atoms with van der Waals surface area (Å²) in [5, 5.41) is 8.14. The van der Waals surface area contributed by atoms with Gasteiger partial charge in [-0.15, -0.1) is 0 Å². The highest BCUT2D eigenvalue weighted by atomic mass is 15.3. The van der Waals surface area contributed by atoms with Crippen LogP contribution in [0.2, 0.25) is 0 Å². The van der Waals surface area contributed by atoms with E-state index in [9.17, 15) is 0 Å². The van der Waals surface area contributed by atoms with Crippen molar-refractivity contribution >= 4 is 0 Å². The van der Waals surface area contributed by atoms with Crippen LogP contribution in [0.1, 0.15) is 45.0 Å². The van der Waals surface area contributed by atoms with E-state index < -0.39 is 0 Å². The lowest BCUT2D eigenvalue weighted by atomic mass is 10.3. The van der Waals surface area contributed by atoms with Crippen LogP contribution in [-0.2, 0) is 19.5 Å². The van der Waals surface area contributed by atoms with Crippen LogP contribution in [-0.4, -0.2) is 40.4 Å². The Labute approximate surface area is 117 Å². The highest BCUT2D eigenvalue weighted by Crippen LogP contribution is 2.25. The number of likely N-dealkylation sites (N-methyl/N-ethyl adjacent to an activating group) is 1. The minimum absolute atomic E-state index is 0.875. The zero-order valence-electron chi connectivity index (χ0n) is 12.7. The number of nitrogens with zero attached hydrogens (tertiary/aromatic N) is 3. The van der Waals surface area contributed by atoms with Crippen LogP contribution in [0, 0.1) is 0 Å². The van der Waals surface area contributed by atoms with Gasteiger partial charge in [0.15, 0.2) is 0 Å². The molecule has 1 aliphatic rings. The fourth-order valence-corrected chi connectivity index (χ4v) is 2.58. The van der Waals surface area contributed by atoms with Crippen LogP contribution in [0.15, 0.2) is 6.07 Å². The van der Waals surface area contributed by atoms with Crippen LogP contribution in [0.4, 0.5) is 0 Å². The molecule has 1 aliphatic carbocycles.